The average Bonchev–Trinajstić information content (AvgIpc) is 2.36. The smallest absolute Gasteiger partial charge is 0.227 e. The molecule has 0 aromatic heterocycles. The SMILES string of the molecule is CC1CCC(C(=O)Nc2cccc(Cl)c2Br)CC1. The molecule has 0 radical (unpaired) electrons. The summed E-state index contributed by atoms with van der Waals surface area (Å²) < 4.78 is 0.754. The van der Waals surface area contributed by atoms with Crippen LogP contribution in [0.25, 0.3) is 0 Å². The van der Waals surface area contributed by atoms with Gasteiger partial charge in [-0.1, -0.05) is 24.6 Å². The van der Waals surface area contributed by atoms with Gasteiger partial charge in [0, 0.05) is 5.92 Å². The topological polar surface area (TPSA) is 29.1 Å². The second kappa shape index (κ2) is 6.07. The van der Waals surface area contributed by atoms with Crippen molar-refractivity contribution in [3.8, 4) is 0 Å². The number of rotatable bonds is 2. The van der Waals surface area contributed by atoms with Crippen LogP contribution in [0.5, 0.6) is 0 Å². The Morgan fingerprint density at radius 2 is 2.00 bits per heavy atom. The van der Waals surface area contributed by atoms with Gasteiger partial charge in [-0.2, -0.15) is 0 Å². The summed E-state index contributed by atoms with van der Waals surface area (Å²) >= 11 is 9.40. The first-order valence-electron chi connectivity index (χ1n) is 6.33. The molecule has 1 aliphatic rings. The summed E-state index contributed by atoms with van der Waals surface area (Å²) in [6.45, 7) is 2.25. The number of benzene rings is 1. The maximum absolute atomic E-state index is 12.2. The summed E-state index contributed by atoms with van der Waals surface area (Å²) in [5, 5.41) is 3.58. The van der Waals surface area contributed by atoms with Crippen molar-refractivity contribution < 1.29 is 4.79 Å². The summed E-state index contributed by atoms with van der Waals surface area (Å²) in [6, 6.07) is 5.49. The van der Waals surface area contributed by atoms with Crippen molar-refractivity contribution in [1.82, 2.24) is 0 Å². The molecule has 18 heavy (non-hydrogen) atoms. The molecule has 0 heterocycles. The van der Waals surface area contributed by atoms with Crippen LogP contribution in [0.2, 0.25) is 5.02 Å². The molecule has 0 saturated heterocycles. The summed E-state index contributed by atoms with van der Waals surface area (Å²) in [7, 11) is 0. The molecule has 0 unspecified atom stereocenters. The van der Waals surface area contributed by atoms with Crippen molar-refractivity contribution >= 4 is 39.1 Å². The van der Waals surface area contributed by atoms with Gasteiger partial charge in [0.25, 0.3) is 0 Å². The summed E-state index contributed by atoms with van der Waals surface area (Å²) in [5.41, 5.74) is 0.756. The molecule has 0 aliphatic heterocycles. The van der Waals surface area contributed by atoms with Gasteiger partial charge in [-0.3, -0.25) is 4.79 Å². The van der Waals surface area contributed by atoms with Crippen molar-refractivity contribution in [2.24, 2.45) is 11.8 Å². The van der Waals surface area contributed by atoms with Gasteiger partial charge >= 0.3 is 0 Å². The number of hydrogen-bond acceptors (Lipinski definition) is 1. The van der Waals surface area contributed by atoms with E-state index in [4.69, 9.17) is 11.6 Å². The van der Waals surface area contributed by atoms with Gasteiger partial charge in [0.2, 0.25) is 5.91 Å². The maximum Gasteiger partial charge on any atom is 0.227 e. The van der Waals surface area contributed by atoms with E-state index in [9.17, 15) is 4.79 Å². The van der Waals surface area contributed by atoms with E-state index < -0.39 is 0 Å². The number of anilines is 1. The van der Waals surface area contributed by atoms with E-state index in [1.54, 1.807) is 6.07 Å². The molecule has 0 atom stereocenters. The number of amides is 1. The lowest BCUT2D eigenvalue weighted by molar-refractivity contribution is -0.121. The molecular formula is C14H17BrClNO. The lowest BCUT2D eigenvalue weighted by atomic mass is 9.82. The van der Waals surface area contributed by atoms with Crippen molar-refractivity contribution in [2.75, 3.05) is 5.32 Å². The fourth-order valence-corrected chi connectivity index (χ4v) is 2.90. The van der Waals surface area contributed by atoms with Crippen molar-refractivity contribution in [1.29, 1.82) is 0 Å². The van der Waals surface area contributed by atoms with Crippen LogP contribution in [-0.4, -0.2) is 5.91 Å². The summed E-state index contributed by atoms with van der Waals surface area (Å²) in [5.74, 6) is 1.02. The Kier molecular flexibility index (Phi) is 4.68. The second-order valence-corrected chi connectivity index (χ2v) is 6.25. The van der Waals surface area contributed by atoms with Crippen LogP contribution in [0.1, 0.15) is 32.6 Å². The van der Waals surface area contributed by atoms with Crippen LogP contribution in [0, 0.1) is 11.8 Å². The number of halogens is 2. The highest BCUT2D eigenvalue weighted by Crippen LogP contribution is 2.32. The zero-order chi connectivity index (χ0) is 13.1. The molecule has 1 amide bonds. The molecule has 0 bridgehead atoms. The van der Waals surface area contributed by atoms with E-state index in [1.165, 1.54) is 0 Å². The largest absolute Gasteiger partial charge is 0.325 e. The fraction of sp³-hybridized carbons (Fsp3) is 0.500. The molecule has 1 aromatic rings. The first-order chi connectivity index (χ1) is 8.58. The monoisotopic (exact) mass is 329 g/mol. The maximum atomic E-state index is 12.2. The average molecular weight is 331 g/mol. The molecule has 4 heteroatoms. The fourth-order valence-electron chi connectivity index (χ4n) is 2.36. The first kappa shape index (κ1) is 13.9. The lowest BCUT2D eigenvalue weighted by Gasteiger charge is -2.25. The molecule has 1 saturated carbocycles. The van der Waals surface area contributed by atoms with E-state index in [-0.39, 0.29) is 11.8 Å². The number of hydrogen-bond donors (Lipinski definition) is 1. The van der Waals surface area contributed by atoms with E-state index in [1.807, 2.05) is 12.1 Å². The minimum absolute atomic E-state index is 0.116. The third-order valence-electron chi connectivity index (χ3n) is 3.60. The molecule has 1 aliphatic carbocycles. The Balaban J connectivity index is 2.01. The molecular weight excluding hydrogens is 314 g/mol. The van der Waals surface area contributed by atoms with Crippen LogP contribution < -0.4 is 5.32 Å². The van der Waals surface area contributed by atoms with E-state index in [2.05, 4.69) is 28.2 Å². The van der Waals surface area contributed by atoms with Crippen LogP contribution in [0.4, 0.5) is 5.69 Å². The minimum Gasteiger partial charge on any atom is -0.325 e. The third-order valence-corrected chi connectivity index (χ3v) is 4.99. The third kappa shape index (κ3) is 3.27. The van der Waals surface area contributed by atoms with Gasteiger partial charge in [0.05, 0.1) is 15.2 Å². The van der Waals surface area contributed by atoms with Gasteiger partial charge in [-0.25, -0.2) is 0 Å². The molecule has 1 N–H and O–H groups in total. The molecule has 2 nitrogen and oxygen atoms in total. The number of carbonyl (C=O) groups is 1. The van der Waals surface area contributed by atoms with Gasteiger partial charge in [-0.15, -0.1) is 0 Å². The molecule has 1 aromatic carbocycles. The molecule has 0 spiro atoms. The predicted molar refractivity (Wildman–Crippen MR) is 78.9 cm³/mol. The van der Waals surface area contributed by atoms with Crippen molar-refractivity contribution in [3.63, 3.8) is 0 Å². The highest BCUT2D eigenvalue weighted by molar-refractivity contribution is 9.10. The predicted octanol–water partition coefficient (Wildman–Crippen LogP) is 4.87. The highest BCUT2D eigenvalue weighted by Gasteiger charge is 2.24. The van der Waals surface area contributed by atoms with Crippen LogP contribution in [0.3, 0.4) is 0 Å². The quantitative estimate of drug-likeness (QED) is 0.823. The van der Waals surface area contributed by atoms with Crippen molar-refractivity contribution in [3.05, 3.63) is 27.7 Å². The summed E-state index contributed by atoms with van der Waals surface area (Å²) in [6.07, 6.45) is 4.28. The Bertz CT molecular complexity index is 441. The lowest BCUT2D eigenvalue weighted by Crippen LogP contribution is -2.26. The summed E-state index contributed by atoms with van der Waals surface area (Å²) in [4.78, 5) is 12.2. The Hall–Kier alpha value is -0.540. The molecule has 98 valence electrons. The molecule has 1 fully saturated rings. The first-order valence-corrected chi connectivity index (χ1v) is 7.50. The Morgan fingerprint density at radius 3 is 2.67 bits per heavy atom. The minimum atomic E-state index is 0.116. The van der Waals surface area contributed by atoms with Gasteiger partial charge < -0.3 is 5.32 Å². The van der Waals surface area contributed by atoms with Gasteiger partial charge in [-0.05, 0) is 59.7 Å². The van der Waals surface area contributed by atoms with E-state index in [0.29, 0.717) is 5.02 Å². The van der Waals surface area contributed by atoms with E-state index >= 15 is 0 Å². The number of carbonyl (C=O) groups excluding carboxylic acids is 1. The van der Waals surface area contributed by atoms with Crippen LogP contribution >= 0.6 is 27.5 Å². The normalized spacial score (nSPS) is 23.7. The van der Waals surface area contributed by atoms with Crippen LogP contribution in [-0.2, 0) is 4.79 Å². The van der Waals surface area contributed by atoms with Crippen molar-refractivity contribution in [2.45, 2.75) is 32.6 Å². The second-order valence-electron chi connectivity index (χ2n) is 5.05. The Morgan fingerprint density at radius 1 is 1.33 bits per heavy atom. The highest BCUT2D eigenvalue weighted by atomic mass is 79.9. The van der Waals surface area contributed by atoms with Crippen LogP contribution in [0.15, 0.2) is 22.7 Å². The van der Waals surface area contributed by atoms with E-state index in [0.717, 1.165) is 41.8 Å². The zero-order valence-electron chi connectivity index (χ0n) is 10.4. The Labute approximate surface area is 121 Å². The zero-order valence-corrected chi connectivity index (χ0v) is 12.7. The van der Waals surface area contributed by atoms with Gasteiger partial charge in [0.1, 0.15) is 0 Å². The number of nitrogens with one attached hydrogen (secondary N) is 1. The molecule has 2 rings (SSSR count). The standard InChI is InChI=1S/C14H17BrClNO/c1-9-5-7-10(8-6-9)14(18)17-12-4-2-3-11(16)13(12)15/h2-4,9-10H,5-8H2,1H3,(H,17,18). The van der Waals surface area contributed by atoms with Gasteiger partial charge in [0.15, 0.2) is 0 Å².